The molecule has 0 bridgehead atoms. The van der Waals surface area contributed by atoms with E-state index in [1.165, 1.54) is 0 Å². The molecule has 2 aliphatic heterocycles. The topological polar surface area (TPSA) is 97.0 Å². The van der Waals surface area contributed by atoms with Crippen molar-refractivity contribution >= 4 is 23.4 Å². The number of carbonyl (C=O) groups is 3. The van der Waals surface area contributed by atoms with Crippen LogP contribution in [0.3, 0.4) is 0 Å². The maximum atomic E-state index is 12.8. The highest BCUT2D eigenvalue weighted by molar-refractivity contribution is 6.35. The average molecular weight is 395 g/mol. The molecule has 0 unspecified atom stereocenters. The molecule has 0 aromatic heterocycles. The molecule has 2 aromatic carbocycles. The van der Waals surface area contributed by atoms with Crippen molar-refractivity contribution in [2.75, 3.05) is 11.7 Å². The van der Waals surface area contributed by atoms with Crippen LogP contribution in [-0.2, 0) is 20.9 Å². The summed E-state index contributed by atoms with van der Waals surface area (Å²) in [5, 5.41) is 5.12. The number of carbonyl (C=O) groups excluding carboxylic acids is 3. The number of hydrogen-bond acceptors (Lipinski definition) is 5. The van der Waals surface area contributed by atoms with Gasteiger partial charge in [-0.2, -0.15) is 0 Å². The van der Waals surface area contributed by atoms with E-state index in [0.717, 1.165) is 11.3 Å². The Morgan fingerprint density at radius 2 is 1.86 bits per heavy atom. The van der Waals surface area contributed by atoms with Gasteiger partial charge in [-0.25, -0.2) is 0 Å². The number of amides is 3. The predicted molar refractivity (Wildman–Crippen MR) is 104 cm³/mol. The minimum atomic E-state index is -0.877. The number of para-hydroxylation sites is 1. The first-order valence-electron chi connectivity index (χ1n) is 9.35. The minimum absolute atomic E-state index is 0.0645. The number of hydrogen-bond donors (Lipinski definition) is 2. The summed E-state index contributed by atoms with van der Waals surface area (Å²) in [5.41, 5.74) is 2.20. The van der Waals surface area contributed by atoms with E-state index in [1.54, 1.807) is 35.2 Å². The third kappa shape index (κ3) is 3.49. The number of benzene rings is 2. The zero-order chi connectivity index (χ0) is 20.5. The first kappa shape index (κ1) is 18.8. The van der Waals surface area contributed by atoms with Crippen LogP contribution in [0.5, 0.6) is 11.5 Å². The van der Waals surface area contributed by atoms with Gasteiger partial charge in [-0.15, -0.1) is 0 Å². The molecule has 8 nitrogen and oxygen atoms in total. The van der Waals surface area contributed by atoms with Crippen molar-refractivity contribution in [2.24, 2.45) is 0 Å². The zero-order valence-corrected chi connectivity index (χ0v) is 16.1. The second-order valence-corrected chi connectivity index (χ2v) is 7.14. The van der Waals surface area contributed by atoms with Crippen LogP contribution in [0.1, 0.15) is 31.0 Å². The SMILES string of the molecule is CC(C)N1C(=O)[C@@H](NC(=O)C(=O)NCc2ccc3c(c2)OCO3)c2ccccc21. The molecular formula is C21H21N3O5. The highest BCUT2D eigenvalue weighted by atomic mass is 16.7. The standard InChI is InChI=1S/C21H21N3O5/c1-12(2)24-15-6-4-3-5-14(15)18(21(24)27)23-20(26)19(25)22-10-13-7-8-16-17(9-13)29-11-28-16/h3-9,12,18H,10-11H2,1-2H3,(H,22,25)(H,23,26)/t18-/m0/s1. The van der Waals surface area contributed by atoms with Crippen LogP contribution >= 0.6 is 0 Å². The van der Waals surface area contributed by atoms with Gasteiger partial charge in [-0.3, -0.25) is 14.4 Å². The lowest BCUT2D eigenvalue weighted by Gasteiger charge is -2.22. The molecule has 0 radical (unpaired) electrons. The van der Waals surface area contributed by atoms with Gasteiger partial charge in [0.2, 0.25) is 6.79 Å². The van der Waals surface area contributed by atoms with Crippen molar-refractivity contribution in [1.29, 1.82) is 0 Å². The van der Waals surface area contributed by atoms with Gasteiger partial charge in [-0.1, -0.05) is 24.3 Å². The lowest BCUT2D eigenvalue weighted by molar-refractivity contribution is -0.140. The highest BCUT2D eigenvalue weighted by Crippen LogP contribution is 2.37. The summed E-state index contributed by atoms with van der Waals surface area (Å²) in [7, 11) is 0. The van der Waals surface area contributed by atoms with Crippen LogP contribution in [0, 0.1) is 0 Å². The van der Waals surface area contributed by atoms with Gasteiger partial charge in [0.15, 0.2) is 11.5 Å². The molecule has 0 fully saturated rings. The summed E-state index contributed by atoms with van der Waals surface area (Å²) >= 11 is 0. The Kier molecular flexibility index (Phi) is 4.84. The van der Waals surface area contributed by atoms with Crippen LogP contribution in [0.15, 0.2) is 42.5 Å². The van der Waals surface area contributed by atoms with E-state index in [-0.39, 0.29) is 25.3 Å². The molecule has 1 atom stereocenters. The second kappa shape index (κ2) is 7.46. The third-order valence-electron chi connectivity index (χ3n) is 4.88. The van der Waals surface area contributed by atoms with Gasteiger partial charge < -0.3 is 25.0 Å². The minimum Gasteiger partial charge on any atom is -0.454 e. The number of rotatable bonds is 4. The molecule has 3 amide bonds. The Hall–Kier alpha value is -3.55. The molecule has 0 saturated carbocycles. The molecule has 4 rings (SSSR count). The number of ether oxygens (including phenoxy) is 2. The molecule has 8 heteroatoms. The first-order chi connectivity index (χ1) is 14.0. The van der Waals surface area contributed by atoms with Gasteiger partial charge >= 0.3 is 11.8 Å². The van der Waals surface area contributed by atoms with Crippen LogP contribution < -0.4 is 25.0 Å². The highest BCUT2D eigenvalue weighted by Gasteiger charge is 2.39. The maximum absolute atomic E-state index is 12.8. The number of nitrogens with one attached hydrogen (secondary N) is 2. The Morgan fingerprint density at radius 3 is 2.66 bits per heavy atom. The predicted octanol–water partition coefficient (Wildman–Crippen LogP) is 1.64. The van der Waals surface area contributed by atoms with Crippen molar-refractivity contribution in [2.45, 2.75) is 32.5 Å². The summed E-state index contributed by atoms with van der Waals surface area (Å²) in [6.45, 7) is 4.11. The molecular weight excluding hydrogens is 374 g/mol. The Balaban J connectivity index is 1.41. The fraction of sp³-hybridized carbons (Fsp3) is 0.286. The first-order valence-corrected chi connectivity index (χ1v) is 9.35. The van der Waals surface area contributed by atoms with Gasteiger partial charge in [0.25, 0.3) is 5.91 Å². The smallest absolute Gasteiger partial charge is 0.310 e. The van der Waals surface area contributed by atoms with Crippen molar-refractivity contribution in [3.63, 3.8) is 0 Å². The Bertz CT molecular complexity index is 988. The van der Waals surface area contributed by atoms with Crippen LogP contribution in [-0.4, -0.2) is 30.6 Å². The molecule has 0 saturated heterocycles. The molecule has 0 aliphatic carbocycles. The van der Waals surface area contributed by atoms with Gasteiger partial charge in [0.05, 0.1) is 0 Å². The van der Waals surface area contributed by atoms with E-state index < -0.39 is 17.9 Å². The van der Waals surface area contributed by atoms with Gasteiger partial charge in [0.1, 0.15) is 6.04 Å². The average Bonchev–Trinajstić information content (AvgIpc) is 3.28. The van der Waals surface area contributed by atoms with Gasteiger partial charge in [-0.05, 0) is 37.6 Å². The maximum Gasteiger partial charge on any atom is 0.310 e. The second-order valence-electron chi connectivity index (χ2n) is 7.14. The number of nitrogens with zero attached hydrogens (tertiary/aromatic N) is 1. The molecule has 29 heavy (non-hydrogen) atoms. The Labute approximate surface area is 167 Å². The Morgan fingerprint density at radius 1 is 1.10 bits per heavy atom. The van der Waals surface area contributed by atoms with E-state index >= 15 is 0 Å². The monoisotopic (exact) mass is 395 g/mol. The molecule has 0 spiro atoms. The van der Waals surface area contributed by atoms with E-state index in [9.17, 15) is 14.4 Å². The summed E-state index contributed by atoms with van der Waals surface area (Å²) in [5.74, 6) is -0.673. The summed E-state index contributed by atoms with van der Waals surface area (Å²) in [6, 6.07) is 11.6. The quantitative estimate of drug-likeness (QED) is 0.768. The largest absolute Gasteiger partial charge is 0.454 e. The van der Waals surface area contributed by atoms with Crippen LogP contribution in [0.2, 0.25) is 0 Å². The summed E-state index contributed by atoms with van der Waals surface area (Å²) in [6.07, 6.45) is 0. The summed E-state index contributed by atoms with van der Waals surface area (Å²) < 4.78 is 10.5. The molecule has 2 aliphatic rings. The lowest BCUT2D eigenvalue weighted by Crippen LogP contribution is -2.45. The van der Waals surface area contributed by atoms with E-state index in [0.29, 0.717) is 17.1 Å². The van der Waals surface area contributed by atoms with Gasteiger partial charge in [0, 0.05) is 23.8 Å². The third-order valence-corrected chi connectivity index (χ3v) is 4.88. The van der Waals surface area contributed by atoms with E-state index in [4.69, 9.17) is 9.47 Å². The number of anilines is 1. The number of fused-ring (bicyclic) bond motifs is 2. The van der Waals surface area contributed by atoms with E-state index in [2.05, 4.69) is 10.6 Å². The van der Waals surface area contributed by atoms with Crippen LogP contribution in [0.4, 0.5) is 5.69 Å². The molecule has 2 aromatic rings. The van der Waals surface area contributed by atoms with Crippen molar-refractivity contribution in [1.82, 2.24) is 10.6 Å². The van der Waals surface area contributed by atoms with Crippen LogP contribution in [0.25, 0.3) is 0 Å². The zero-order valence-electron chi connectivity index (χ0n) is 16.1. The molecule has 2 N–H and O–H groups in total. The van der Waals surface area contributed by atoms with Crippen molar-refractivity contribution in [3.05, 3.63) is 53.6 Å². The summed E-state index contributed by atoms with van der Waals surface area (Å²) in [4.78, 5) is 39.1. The molecule has 2 heterocycles. The lowest BCUT2D eigenvalue weighted by atomic mass is 10.1. The molecule has 150 valence electrons. The van der Waals surface area contributed by atoms with Crippen molar-refractivity contribution in [3.8, 4) is 11.5 Å². The normalized spacial score (nSPS) is 16.7. The fourth-order valence-electron chi connectivity index (χ4n) is 3.52. The van der Waals surface area contributed by atoms with E-state index in [1.807, 2.05) is 26.0 Å². The fourth-order valence-corrected chi connectivity index (χ4v) is 3.52. The van der Waals surface area contributed by atoms with Crippen molar-refractivity contribution < 1.29 is 23.9 Å².